The molecule has 3 heteroatoms. The maximum absolute atomic E-state index is 11.7. The van der Waals surface area contributed by atoms with Gasteiger partial charge in [-0.1, -0.05) is 18.1 Å². The minimum Gasteiger partial charge on any atom is -0.297 e. The highest BCUT2D eigenvalue weighted by molar-refractivity contribution is 7.17. The average Bonchev–Trinajstić information content (AvgIpc) is 2.88. The van der Waals surface area contributed by atoms with Gasteiger partial charge in [-0.2, -0.15) is 0 Å². The Hall–Kier alpha value is -2.18. The number of carbonyl (C=O) groups is 2. The molecule has 0 aliphatic heterocycles. The second kappa shape index (κ2) is 4.25. The van der Waals surface area contributed by atoms with Crippen LogP contribution in [0.5, 0.6) is 0 Å². The Morgan fingerprint density at radius 1 is 1.22 bits per heavy atom. The smallest absolute Gasteiger partial charge is 0.236 e. The van der Waals surface area contributed by atoms with Gasteiger partial charge in [0.25, 0.3) is 0 Å². The van der Waals surface area contributed by atoms with E-state index in [9.17, 15) is 9.59 Å². The molecule has 1 heterocycles. The van der Waals surface area contributed by atoms with Crippen molar-refractivity contribution in [1.82, 2.24) is 0 Å². The molecule has 0 fully saturated rings. The van der Waals surface area contributed by atoms with Crippen molar-refractivity contribution in [3.63, 3.8) is 0 Å². The van der Waals surface area contributed by atoms with Gasteiger partial charge in [0, 0.05) is 16.9 Å². The largest absolute Gasteiger partial charge is 0.297 e. The number of ketones is 1. The summed E-state index contributed by atoms with van der Waals surface area (Å²) >= 11 is 1.42. The quantitative estimate of drug-likeness (QED) is 0.468. The normalized spacial score (nSPS) is 12.6. The lowest BCUT2D eigenvalue weighted by Gasteiger charge is -2.08. The third-order valence-corrected chi connectivity index (χ3v) is 3.92. The van der Waals surface area contributed by atoms with Crippen molar-refractivity contribution in [1.29, 1.82) is 0 Å². The highest BCUT2D eigenvalue weighted by Crippen LogP contribution is 2.29. The van der Waals surface area contributed by atoms with Crippen molar-refractivity contribution in [2.24, 2.45) is 0 Å². The maximum atomic E-state index is 11.7. The summed E-state index contributed by atoms with van der Waals surface area (Å²) in [6.07, 6.45) is 1.47. The van der Waals surface area contributed by atoms with Crippen LogP contribution < -0.4 is 0 Å². The molecule has 2 aromatic rings. The number of rotatable bonds is 2. The van der Waals surface area contributed by atoms with Gasteiger partial charge in [0.2, 0.25) is 5.78 Å². The summed E-state index contributed by atoms with van der Waals surface area (Å²) in [5, 5.41) is 0. The van der Waals surface area contributed by atoms with E-state index in [-0.39, 0.29) is 5.78 Å². The van der Waals surface area contributed by atoms with Gasteiger partial charge in [0.15, 0.2) is 6.29 Å². The molecule has 0 N–H and O–H groups in total. The highest BCUT2D eigenvalue weighted by Gasteiger charge is 2.14. The third kappa shape index (κ3) is 1.77. The zero-order valence-electron chi connectivity index (χ0n) is 9.40. The minimum absolute atomic E-state index is 0.120. The van der Waals surface area contributed by atoms with Crippen LogP contribution in [0.4, 0.5) is 0 Å². The molecule has 1 aliphatic carbocycles. The van der Waals surface area contributed by atoms with Crippen molar-refractivity contribution in [2.45, 2.75) is 6.42 Å². The van der Waals surface area contributed by atoms with Crippen LogP contribution in [0.1, 0.15) is 25.6 Å². The first kappa shape index (κ1) is 10.9. The predicted octanol–water partition coefficient (Wildman–Crippen LogP) is 2.97. The lowest BCUT2D eigenvalue weighted by Crippen LogP contribution is -2.05. The van der Waals surface area contributed by atoms with Gasteiger partial charge in [-0.3, -0.25) is 9.59 Å². The molecule has 0 atom stereocenters. The lowest BCUT2D eigenvalue weighted by molar-refractivity contribution is 0.105. The number of Topliss-reactive ketones (excluding diaryl/α,β-unsaturated/α-hetero) is 1. The maximum Gasteiger partial charge on any atom is 0.236 e. The Bertz CT molecular complexity index is 714. The Kier molecular flexibility index (Phi) is 2.58. The van der Waals surface area contributed by atoms with Crippen LogP contribution in [0.15, 0.2) is 30.3 Å². The van der Waals surface area contributed by atoms with Crippen molar-refractivity contribution >= 4 is 23.4 Å². The van der Waals surface area contributed by atoms with E-state index in [1.54, 1.807) is 6.07 Å². The first-order valence-corrected chi connectivity index (χ1v) is 6.31. The summed E-state index contributed by atoms with van der Waals surface area (Å²) in [6.45, 7) is 0. The lowest BCUT2D eigenvalue weighted by atomic mass is 9.95. The van der Waals surface area contributed by atoms with Crippen molar-refractivity contribution in [2.75, 3.05) is 0 Å². The summed E-state index contributed by atoms with van der Waals surface area (Å²) < 4.78 is 0. The predicted molar refractivity (Wildman–Crippen MR) is 71.0 cm³/mol. The Balaban J connectivity index is 2.08. The summed E-state index contributed by atoms with van der Waals surface area (Å²) in [6, 6.07) is 9.46. The fourth-order valence-electron chi connectivity index (χ4n) is 1.95. The Morgan fingerprint density at radius 3 is 2.89 bits per heavy atom. The molecule has 0 saturated carbocycles. The van der Waals surface area contributed by atoms with E-state index in [1.165, 1.54) is 11.3 Å². The molecule has 18 heavy (non-hydrogen) atoms. The fraction of sp³-hybridized carbons (Fsp3) is 0.0667. The van der Waals surface area contributed by atoms with E-state index in [0.29, 0.717) is 16.9 Å². The van der Waals surface area contributed by atoms with E-state index >= 15 is 0 Å². The molecular weight excluding hydrogens is 244 g/mol. The minimum atomic E-state index is -0.120. The molecule has 0 unspecified atom stereocenters. The fourth-order valence-corrected chi connectivity index (χ4v) is 2.77. The summed E-state index contributed by atoms with van der Waals surface area (Å²) in [4.78, 5) is 24.1. The van der Waals surface area contributed by atoms with Gasteiger partial charge in [0.05, 0.1) is 4.88 Å². The van der Waals surface area contributed by atoms with Crippen LogP contribution >= 0.6 is 11.3 Å². The van der Waals surface area contributed by atoms with Crippen LogP contribution in [0.2, 0.25) is 0 Å². The molecule has 0 radical (unpaired) electrons. The zero-order valence-corrected chi connectivity index (χ0v) is 10.2. The van der Waals surface area contributed by atoms with Gasteiger partial charge < -0.3 is 0 Å². The third-order valence-electron chi connectivity index (χ3n) is 2.86. The molecule has 0 bridgehead atoms. The number of hydrogen-bond donors (Lipinski definition) is 0. The first-order chi connectivity index (χ1) is 8.78. The number of thiophene rings is 1. The highest BCUT2D eigenvalue weighted by atomic mass is 32.1. The first-order valence-electron chi connectivity index (χ1n) is 5.49. The zero-order chi connectivity index (χ0) is 12.5. The van der Waals surface area contributed by atoms with Crippen LogP contribution in [0.3, 0.4) is 0 Å². The van der Waals surface area contributed by atoms with Gasteiger partial charge >= 0.3 is 0 Å². The Labute approximate surface area is 108 Å². The topological polar surface area (TPSA) is 34.1 Å². The number of carbonyl (C=O) groups excluding carboxylic acids is 2. The van der Waals surface area contributed by atoms with Crippen LogP contribution in [0, 0.1) is 11.8 Å². The molecule has 0 spiro atoms. The van der Waals surface area contributed by atoms with Gasteiger partial charge in [-0.25, -0.2) is 0 Å². The second-order valence-corrected chi connectivity index (χ2v) is 5.11. The molecular formula is C15H8O2S. The van der Waals surface area contributed by atoms with E-state index < -0.39 is 0 Å². The second-order valence-electron chi connectivity index (χ2n) is 4.00. The number of benzene rings is 1. The average molecular weight is 252 g/mol. The van der Waals surface area contributed by atoms with Crippen LogP contribution in [-0.2, 0) is 6.42 Å². The molecule has 1 aromatic heterocycles. The van der Waals surface area contributed by atoms with Crippen molar-refractivity contribution in [3.05, 3.63) is 46.3 Å². The molecule has 2 nitrogen and oxygen atoms in total. The standard InChI is InChI=1S/C15H8O2S/c16-9-12-6-7-15(18-12)11-5-4-10-2-1-3-14(17)13(10)8-11/h4-9H,2H2. The number of aldehydes is 1. The van der Waals surface area contributed by atoms with E-state index in [2.05, 4.69) is 11.8 Å². The molecule has 0 saturated heterocycles. The van der Waals surface area contributed by atoms with E-state index in [0.717, 1.165) is 22.3 Å². The number of fused-ring (bicyclic) bond motifs is 1. The summed E-state index contributed by atoms with van der Waals surface area (Å²) in [5.41, 5.74) is 2.63. The summed E-state index contributed by atoms with van der Waals surface area (Å²) in [7, 11) is 0. The Morgan fingerprint density at radius 2 is 2.11 bits per heavy atom. The molecule has 1 aromatic carbocycles. The van der Waals surface area contributed by atoms with Gasteiger partial charge in [-0.15, -0.1) is 11.3 Å². The van der Waals surface area contributed by atoms with E-state index in [4.69, 9.17) is 0 Å². The summed E-state index contributed by atoms with van der Waals surface area (Å²) in [5.74, 6) is 5.29. The molecule has 0 amide bonds. The van der Waals surface area contributed by atoms with Crippen LogP contribution in [-0.4, -0.2) is 12.1 Å². The monoisotopic (exact) mass is 252 g/mol. The van der Waals surface area contributed by atoms with Crippen LogP contribution in [0.25, 0.3) is 10.4 Å². The SMILES string of the molecule is O=Cc1ccc(-c2ccc3c(c2)C(=O)C#CC3)s1. The van der Waals surface area contributed by atoms with Crippen molar-refractivity contribution < 1.29 is 9.59 Å². The molecule has 1 aliphatic rings. The van der Waals surface area contributed by atoms with E-state index in [1.807, 2.05) is 24.3 Å². The van der Waals surface area contributed by atoms with Gasteiger partial charge in [0.1, 0.15) is 0 Å². The molecule has 86 valence electrons. The molecule has 3 rings (SSSR count). The van der Waals surface area contributed by atoms with Crippen molar-refractivity contribution in [3.8, 4) is 22.3 Å². The van der Waals surface area contributed by atoms with Gasteiger partial charge in [-0.05, 0) is 35.2 Å². The number of hydrogen-bond acceptors (Lipinski definition) is 3.